The van der Waals surface area contributed by atoms with Crippen molar-refractivity contribution >= 4 is 29.1 Å². The third-order valence-electron chi connectivity index (χ3n) is 3.95. The quantitative estimate of drug-likeness (QED) is 0.683. The molecule has 8 heteroatoms. The summed E-state index contributed by atoms with van der Waals surface area (Å²) in [5, 5.41) is 7.70. The van der Waals surface area contributed by atoms with Crippen molar-refractivity contribution in [3.63, 3.8) is 0 Å². The number of nitrogens with zero attached hydrogens (tertiary/aromatic N) is 2. The van der Waals surface area contributed by atoms with E-state index in [-0.39, 0.29) is 18.3 Å². The van der Waals surface area contributed by atoms with Gasteiger partial charge < -0.3 is 14.5 Å². The maximum Gasteiger partial charge on any atom is 0.287 e. The fraction of sp³-hybridized carbons (Fsp3) is 0.222. The van der Waals surface area contributed by atoms with Crippen LogP contribution in [0.15, 0.2) is 40.9 Å². The topological polar surface area (TPSA) is 69.3 Å². The van der Waals surface area contributed by atoms with Crippen LogP contribution in [0.4, 0.5) is 0 Å². The molecule has 3 aromatic rings. The highest BCUT2D eigenvalue weighted by Crippen LogP contribution is 2.32. The second kappa shape index (κ2) is 7.85. The minimum atomic E-state index is -0.305. The molecule has 2 heterocycles. The first-order valence-electron chi connectivity index (χ1n) is 7.87. The number of rotatable bonds is 6. The predicted molar refractivity (Wildman–Crippen MR) is 98.6 cm³/mol. The summed E-state index contributed by atoms with van der Waals surface area (Å²) in [6.07, 6.45) is 1.73. The largest absolute Gasteiger partial charge is 0.484 e. The number of benzene rings is 1. The molecule has 0 aliphatic rings. The molecule has 0 radical (unpaired) electrons. The van der Waals surface area contributed by atoms with Crippen LogP contribution >= 0.6 is 23.2 Å². The summed E-state index contributed by atoms with van der Waals surface area (Å²) >= 11 is 12.0. The average Bonchev–Trinajstić information content (AvgIpc) is 3.22. The highest BCUT2D eigenvalue weighted by Gasteiger charge is 2.13. The molecule has 0 aliphatic heterocycles. The number of aryl methyl sites for hydroxylation is 1. The Kier molecular flexibility index (Phi) is 5.54. The van der Waals surface area contributed by atoms with E-state index in [2.05, 4.69) is 10.4 Å². The van der Waals surface area contributed by atoms with Gasteiger partial charge in [0.25, 0.3) is 5.91 Å². The van der Waals surface area contributed by atoms with Crippen LogP contribution in [0.1, 0.15) is 27.6 Å². The zero-order valence-electron chi connectivity index (χ0n) is 14.3. The van der Waals surface area contributed by atoms with Gasteiger partial charge in [-0.1, -0.05) is 29.3 Å². The molecule has 26 heavy (non-hydrogen) atoms. The van der Waals surface area contributed by atoms with E-state index in [1.807, 2.05) is 14.0 Å². The van der Waals surface area contributed by atoms with E-state index in [0.29, 0.717) is 28.1 Å². The summed E-state index contributed by atoms with van der Waals surface area (Å²) in [6.45, 7) is 2.45. The normalized spacial score (nSPS) is 10.8. The Morgan fingerprint density at radius 3 is 2.85 bits per heavy atom. The molecule has 0 unspecified atom stereocenters. The third-order valence-corrected chi connectivity index (χ3v) is 4.75. The molecular weight excluding hydrogens is 377 g/mol. The van der Waals surface area contributed by atoms with Crippen LogP contribution in [0.5, 0.6) is 5.75 Å². The van der Waals surface area contributed by atoms with Gasteiger partial charge in [0.05, 0.1) is 11.2 Å². The van der Waals surface area contributed by atoms with Crippen LogP contribution in [0.2, 0.25) is 10.0 Å². The summed E-state index contributed by atoms with van der Waals surface area (Å²) in [6, 6.07) is 8.41. The van der Waals surface area contributed by atoms with E-state index in [1.165, 1.54) is 0 Å². The second-order valence-electron chi connectivity index (χ2n) is 5.67. The first kappa shape index (κ1) is 18.4. The van der Waals surface area contributed by atoms with Crippen molar-refractivity contribution in [1.29, 1.82) is 0 Å². The molecule has 0 bridgehead atoms. The second-order valence-corrected chi connectivity index (χ2v) is 6.45. The van der Waals surface area contributed by atoms with Gasteiger partial charge in [0.2, 0.25) is 0 Å². The number of nitrogens with one attached hydrogen (secondary N) is 1. The molecule has 2 aromatic heterocycles. The Morgan fingerprint density at radius 1 is 1.31 bits per heavy atom. The van der Waals surface area contributed by atoms with E-state index in [1.54, 1.807) is 41.2 Å². The summed E-state index contributed by atoms with van der Waals surface area (Å²) in [5.74, 6) is 0.861. The Labute approximate surface area is 160 Å². The van der Waals surface area contributed by atoms with Gasteiger partial charge in [-0.25, -0.2) is 0 Å². The number of halogens is 2. The lowest BCUT2D eigenvalue weighted by atomic mass is 10.2. The van der Waals surface area contributed by atoms with E-state index >= 15 is 0 Å². The van der Waals surface area contributed by atoms with Gasteiger partial charge in [-0.15, -0.1) is 0 Å². The lowest BCUT2D eigenvalue weighted by molar-refractivity contribution is 0.0919. The number of amides is 1. The molecule has 1 amide bonds. The molecule has 6 nitrogen and oxygen atoms in total. The third kappa shape index (κ3) is 4.03. The molecule has 136 valence electrons. The Morgan fingerprint density at radius 2 is 2.12 bits per heavy atom. The van der Waals surface area contributed by atoms with E-state index in [9.17, 15) is 4.79 Å². The fourth-order valence-electron chi connectivity index (χ4n) is 2.30. The Bertz CT molecular complexity index is 934. The van der Waals surface area contributed by atoms with Crippen LogP contribution in [0.3, 0.4) is 0 Å². The predicted octanol–water partition coefficient (Wildman–Crippen LogP) is 4.14. The highest BCUT2D eigenvalue weighted by atomic mass is 35.5. The fourth-order valence-corrected chi connectivity index (χ4v) is 2.65. The van der Waals surface area contributed by atoms with Crippen molar-refractivity contribution in [2.24, 2.45) is 7.05 Å². The zero-order valence-corrected chi connectivity index (χ0v) is 15.8. The van der Waals surface area contributed by atoms with Crippen molar-refractivity contribution in [2.75, 3.05) is 0 Å². The van der Waals surface area contributed by atoms with E-state index < -0.39 is 0 Å². The van der Waals surface area contributed by atoms with Crippen LogP contribution in [-0.2, 0) is 20.2 Å². The molecule has 0 atom stereocenters. The van der Waals surface area contributed by atoms with Gasteiger partial charge in [-0.3, -0.25) is 9.48 Å². The number of furan rings is 1. The SMILES string of the molecule is Cc1c(CNC(=O)c2ccc(COc3cccc(Cl)c3Cl)o2)cnn1C. The molecule has 0 spiro atoms. The van der Waals surface area contributed by atoms with Gasteiger partial charge >= 0.3 is 0 Å². The highest BCUT2D eigenvalue weighted by molar-refractivity contribution is 6.42. The van der Waals surface area contributed by atoms with Crippen LogP contribution in [0, 0.1) is 6.92 Å². The van der Waals surface area contributed by atoms with E-state index in [4.69, 9.17) is 32.4 Å². The van der Waals surface area contributed by atoms with Crippen molar-refractivity contribution in [2.45, 2.75) is 20.1 Å². The van der Waals surface area contributed by atoms with Crippen LogP contribution in [0.25, 0.3) is 0 Å². The minimum absolute atomic E-state index is 0.134. The number of carbonyl (C=O) groups excluding carboxylic acids is 1. The lowest BCUT2D eigenvalue weighted by Gasteiger charge is -2.07. The Balaban J connectivity index is 1.57. The summed E-state index contributed by atoms with van der Waals surface area (Å²) < 4.78 is 12.9. The molecule has 0 fully saturated rings. The first-order chi connectivity index (χ1) is 12.5. The van der Waals surface area contributed by atoms with Crippen molar-refractivity contribution < 1.29 is 13.9 Å². The van der Waals surface area contributed by atoms with Crippen molar-refractivity contribution in [3.8, 4) is 5.75 Å². The number of hydrogen-bond acceptors (Lipinski definition) is 4. The van der Waals surface area contributed by atoms with Gasteiger partial charge in [-0.05, 0) is 31.2 Å². The smallest absolute Gasteiger partial charge is 0.287 e. The van der Waals surface area contributed by atoms with Crippen LogP contribution in [-0.4, -0.2) is 15.7 Å². The summed E-state index contributed by atoms with van der Waals surface area (Å²) in [7, 11) is 1.85. The molecule has 0 aliphatic carbocycles. The Hall–Kier alpha value is -2.44. The summed E-state index contributed by atoms with van der Waals surface area (Å²) in [5.41, 5.74) is 1.95. The lowest BCUT2D eigenvalue weighted by Crippen LogP contribution is -2.22. The molecule has 0 saturated heterocycles. The van der Waals surface area contributed by atoms with Crippen molar-refractivity contribution in [1.82, 2.24) is 15.1 Å². The average molecular weight is 394 g/mol. The van der Waals surface area contributed by atoms with Gasteiger partial charge in [0.1, 0.15) is 23.1 Å². The molecule has 1 aromatic carbocycles. The van der Waals surface area contributed by atoms with Gasteiger partial charge in [0, 0.05) is 24.8 Å². The van der Waals surface area contributed by atoms with Gasteiger partial charge in [0.15, 0.2) is 5.76 Å². The summed E-state index contributed by atoms with van der Waals surface area (Å²) in [4.78, 5) is 12.2. The number of carbonyl (C=O) groups is 1. The van der Waals surface area contributed by atoms with Crippen LogP contribution < -0.4 is 10.1 Å². The first-order valence-corrected chi connectivity index (χ1v) is 8.62. The maximum atomic E-state index is 12.2. The van der Waals surface area contributed by atoms with E-state index in [0.717, 1.165) is 11.3 Å². The minimum Gasteiger partial charge on any atom is -0.484 e. The molecule has 0 saturated carbocycles. The molecular formula is C18H17Cl2N3O3. The number of hydrogen-bond donors (Lipinski definition) is 1. The number of aromatic nitrogens is 2. The monoisotopic (exact) mass is 393 g/mol. The molecule has 3 rings (SSSR count). The molecule has 1 N–H and O–H groups in total. The van der Waals surface area contributed by atoms with Gasteiger partial charge in [-0.2, -0.15) is 5.10 Å². The standard InChI is InChI=1S/C18H17Cl2N3O3/c1-11-12(9-22-23(11)2)8-21-18(24)16-7-6-13(26-16)10-25-15-5-3-4-14(19)17(15)20/h3-7,9H,8,10H2,1-2H3,(H,21,24). The van der Waals surface area contributed by atoms with Crippen molar-refractivity contribution in [3.05, 3.63) is 69.4 Å². The maximum absolute atomic E-state index is 12.2. The number of ether oxygens (including phenoxy) is 1. The zero-order chi connectivity index (χ0) is 18.7.